The molecule has 6 N–H and O–H groups in total. The molecule has 2 rings (SSSR count). The van der Waals surface area contributed by atoms with Gasteiger partial charge in [0.1, 0.15) is 6.61 Å². The highest BCUT2D eigenvalue weighted by molar-refractivity contribution is 8.00. The Labute approximate surface area is 342 Å². The largest absolute Gasteiger partial charge is 0.378 e. The number of thioether (sulfide) groups is 1. The molecule has 6 amide bonds. The fraction of sp³-hybridized carbons (Fsp3) is 0.868. The third-order valence-corrected chi connectivity index (χ3v) is 10.4. The van der Waals surface area contributed by atoms with E-state index in [-0.39, 0.29) is 55.0 Å². The number of carbonyl (C=O) groups is 5. The molecule has 0 unspecified atom stereocenters. The maximum Gasteiger partial charge on any atom is 0.315 e. The van der Waals surface area contributed by atoms with Crippen LogP contribution < -0.4 is 31.9 Å². The number of hydrogen-bond donors (Lipinski definition) is 6. The molecule has 2 aliphatic heterocycles. The van der Waals surface area contributed by atoms with Crippen molar-refractivity contribution in [2.24, 2.45) is 5.41 Å². The lowest BCUT2D eigenvalue weighted by Gasteiger charge is -2.29. The van der Waals surface area contributed by atoms with Gasteiger partial charge in [-0.2, -0.15) is 11.8 Å². The molecule has 19 heteroatoms. The average molecular weight is 835 g/mol. The maximum absolute atomic E-state index is 12.5. The Morgan fingerprint density at radius 2 is 1.12 bits per heavy atom. The van der Waals surface area contributed by atoms with Crippen molar-refractivity contribution in [2.45, 2.75) is 83.1 Å². The first-order valence-corrected chi connectivity index (χ1v) is 21.4. The normalized spacial score (nSPS) is 17.5. The summed E-state index contributed by atoms with van der Waals surface area (Å²) in [4.78, 5) is 58.0. The zero-order valence-electron chi connectivity index (χ0n) is 34.4. The van der Waals surface area contributed by atoms with Gasteiger partial charge in [-0.1, -0.05) is 13.3 Å². The number of ether oxygens (including phenoxy) is 7. The molecule has 0 aromatic carbocycles. The van der Waals surface area contributed by atoms with E-state index in [1.807, 2.05) is 18.7 Å². The van der Waals surface area contributed by atoms with Crippen molar-refractivity contribution in [3.8, 4) is 0 Å². The van der Waals surface area contributed by atoms with Crippen LogP contribution in [0, 0.1) is 5.41 Å². The van der Waals surface area contributed by atoms with E-state index in [0.717, 1.165) is 44.3 Å². The summed E-state index contributed by atoms with van der Waals surface area (Å²) in [5.41, 5.74) is -0.532. The number of urea groups is 1. The van der Waals surface area contributed by atoms with Crippen LogP contribution in [0.1, 0.15) is 65.7 Å². The Morgan fingerprint density at radius 1 is 0.614 bits per heavy atom. The third kappa shape index (κ3) is 26.8. The number of fused-ring (bicyclic) bond motifs is 1. The summed E-state index contributed by atoms with van der Waals surface area (Å²) in [5, 5.41) is 17.6. The predicted molar refractivity (Wildman–Crippen MR) is 215 cm³/mol. The van der Waals surface area contributed by atoms with Crippen LogP contribution >= 0.6 is 11.8 Å². The molecule has 0 aliphatic carbocycles. The van der Waals surface area contributed by atoms with Gasteiger partial charge in [0.15, 0.2) is 0 Å². The molecule has 0 saturated carbocycles. The first-order valence-electron chi connectivity index (χ1n) is 20.3. The SMILES string of the molecule is CC(=O)NCCOCCOCCOCC(C)(COCCOCCOCCNC(C)=O)COCC(=O)NCCCCCNC(=O)CCCC[C@@H]1SC[C@@H]2NC(=O)N[C@@H]21. The van der Waals surface area contributed by atoms with Crippen molar-refractivity contribution >= 4 is 41.4 Å². The van der Waals surface area contributed by atoms with Gasteiger partial charge in [0, 0.05) is 62.9 Å². The van der Waals surface area contributed by atoms with E-state index in [0.29, 0.717) is 117 Å². The van der Waals surface area contributed by atoms with Gasteiger partial charge < -0.3 is 65.1 Å². The molecule has 2 fully saturated rings. The zero-order valence-corrected chi connectivity index (χ0v) is 35.2. The molecule has 0 bridgehead atoms. The fourth-order valence-corrected chi connectivity index (χ4v) is 7.47. The Kier molecular flexibility index (Phi) is 28.4. The number of amides is 6. The molecule has 2 heterocycles. The molecule has 0 radical (unpaired) electrons. The van der Waals surface area contributed by atoms with Crippen molar-refractivity contribution in [3.05, 3.63) is 0 Å². The summed E-state index contributed by atoms with van der Waals surface area (Å²) in [7, 11) is 0. The molecule has 0 aromatic rings. The van der Waals surface area contributed by atoms with Crippen LogP contribution in [0.2, 0.25) is 0 Å². The van der Waals surface area contributed by atoms with Crippen molar-refractivity contribution in [2.75, 3.05) is 124 Å². The molecule has 57 heavy (non-hydrogen) atoms. The molecular weight excluding hydrogens is 765 g/mol. The summed E-state index contributed by atoms with van der Waals surface area (Å²) in [6, 6.07) is 0.359. The summed E-state index contributed by atoms with van der Waals surface area (Å²) in [6.45, 7) is 11.7. The second kappa shape index (κ2) is 32.1. The molecule has 330 valence electrons. The van der Waals surface area contributed by atoms with E-state index in [9.17, 15) is 24.0 Å². The zero-order chi connectivity index (χ0) is 41.4. The lowest BCUT2D eigenvalue weighted by Crippen LogP contribution is -2.37. The molecule has 2 saturated heterocycles. The van der Waals surface area contributed by atoms with Gasteiger partial charge in [0.2, 0.25) is 23.6 Å². The molecule has 18 nitrogen and oxygen atoms in total. The van der Waals surface area contributed by atoms with Crippen molar-refractivity contribution in [1.29, 1.82) is 0 Å². The first-order chi connectivity index (χ1) is 27.6. The number of unbranched alkanes of at least 4 members (excludes halogenated alkanes) is 3. The number of carbonyl (C=O) groups excluding carboxylic acids is 5. The summed E-state index contributed by atoms with van der Waals surface area (Å²) in [6.07, 6.45) is 5.80. The second-order valence-corrected chi connectivity index (χ2v) is 15.7. The van der Waals surface area contributed by atoms with E-state index in [4.69, 9.17) is 33.2 Å². The Hall–Kier alpha value is -2.78. The standard InChI is InChI=1S/C38H70N6O12S/c1-30(45)39-13-15-50-17-19-52-21-23-54-27-38(3,28-55-24-22-53-20-18-51-16-14-40-31(2)46)29-56-25-35(48)42-12-8-4-7-11-41-34(47)10-6-5-9-33-36-32(26-57-33)43-37(49)44-36/h32-33,36H,4-29H2,1-3H3,(H,39,45)(H,40,46)(H,41,47)(H,42,48)(H2,43,44,49)/t32-,33-,36-/m0/s1. The van der Waals surface area contributed by atoms with Gasteiger partial charge in [-0.3, -0.25) is 19.2 Å². The molecule has 0 aromatic heterocycles. The third-order valence-electron chi connectivity index (χ3n) is 8.89. The minimum atomic E-state index is -0.532. The summed E-state index contributed by atoms with van der Waals surface area (Å²) in [5.74, 6) is 0.616. The highest BCUT2D eigenvalue weighted by atomic mass is 32.2. The molecule has 2 aliphatic rings. The number of rotatable bonds is 37. The minimum absolute atomic E-state index is 0.0635. The monoisotopic (exact) mass is 834 g/mol. The first kappa shape index (κ1) is 50.4. The predicted octanol–water partition coefficient (Wildman–Crippen LogP) is 0.510. The van der Waals surface area contributed by atoms with Gasteiger partial charge in [0.05, 0.1) is 98.0 Å². The molecule has 0 spiro atoms. The highest BCUT2D eigenvalue weighted by Gasteiger charge is 2.42. The summed E-state index contributed by atoms with van der Waals surface area (Å²) >= 11 is 1.89. The lowest BCUT2D eigenvalue weighted by atomic mass is 9.94. The smallest absolute Gasteiger partial charge is 0.315 e. The molecule has 3 atom stereocenters. The van der Waals surface area contributed by atoms with E-state index < -0.39 is 5.41 Å². The Balaban J connectivity index is 1.52. The van der Waals surface area contributed by atoms with E-state index in [1.165, 1.54) is 13.8 Å². The second-order valence-electron chi connectivity index (χ2n) is 14.5. The van der Waals surface area contributed by atoms with Crippen LogP contribution in [0.15, 0.2) is 0 Å². The lowest BCUT2D eigenvalue weighted by molar-refractivity contribution is -0.129. The van der Waals surface area contributed by atoms with Crippen LogP contribution in [-0.2, 0) is 52.3 Å². The van der Waals surface area contributed by atoms with Crippen molar-refractivity contribution in [3.63, 3.8) is 0 Å². The Bertz CT molecular complexity index is 1110. The minimum Gasteiger partial charge on any atom is -0.378 e. The van der Waals surface area contributed by atoms with Gasteiger partial charge in [-0.25, -0.2) is 4.79 Å². The van der Waals surface area contributed by atoms with Crippen molar-refractivity contribution < 1.29 is 57.1 Å². The van der Waals surface area contributed by atoms with Crippen molar-refractivity contribution in [1.82, 2.24) is 31.9 Å². The number of nitrogens with one attached hydrogen (secondary N) is 6. The number of hydrogen-bond acceptors (Lipinski definition) is 13. The van der Waals surface area contributed by atoms with Crippen LogP contribution in [0.5, 0.6) is 0 Å². The highest BCUT2D eigenvalue weighted by Crippen LogP contribution is 2.33. The van der Waals surface area contributed by atoms with Crippen LogP contribution in [0.3, 0.4) is 0 Å². The van der Waals surface area contributed by atoms with E-state index in [1.54, 1.807) is 0 Å². The van der Waals surface area contributed by atoms with Gasteiger partial charge in [0.25, 0.3) is 0 Å². The van der Waals surface area contributed by atoms with Gasteiger partial charge in [-0.05, 0) is 32.1 Å². The van der Waals surface area contributed by atoms with E-state index >= 15 is 0 Å². The topological polar surface area (TPSA) is 222 Å². The van der Waals surface area contributed by atoms with Crippen LogP contribution in [0.4, 0.5) is 4.79 Å². The quantitative estimate of drug-likeness (QED) is 0.0372. The van der Waals surface area contributed by atoms with E-state index in [2.05, 4.69) is 31.9 Å². The maximum atomic E-state index is 12.5. The summed E-state index contributed by atoms with van der Waals surface area (Å²) < 4.78 is 39.5. The molecular formula is C38H70N6O12S. The fourth-order valence-electron chi connectivity index (χ4n) is 5.93. The van der Waals surface area contributed by atoms with Crippen LogP contribution in [-0.4, -0.2) is 171 Å². The van der Waals surface area contributed by atoms with Gasteiger partial charge in [-0.15, -0.1) is 0 Å². The average Bonchev–Trinajstić information content (AvgIpc) is 3.72. The van der Waals surface area contributed by atoms with Gasteiger partial charge >= 0.3 is 6.03 Å². The Morgan fingerprint density at radius 3 is 1.68 bits per heavy atom. The van der Waals surface area contributed by atoms with Crippen LogP contribution in [0.25, 0.3) is 0 Å².